The largest absolute Gasteiger partial charge is 0.330 e. The molecule has 0 saturated carbocycles. The van der Waals surface area contributed by atoms with Crippen LogP contribution in [-0.4, -0.2) is 16.3 Å². The summed E-state index contributed by atoms with van der Waals surface area (Å²) in [5, 5.41) is 5.65. The third-order valence-corrected chi connectivity index (χ3v) is 2.88. The van der Waals surface area contributed by atoms with Gasteiger partial charge in [0.25, 0.3) is 5.56 Å². The molecule has 16 heavy (non-hydrogen) atoms. The van der Waals surface area contributed by atoms with E-state index in [4.69, 9.17) is 5.73 Å². The Morgan fingerprint density at radius 1 is 1.44 bits per heavy atom. The number of rotatable bonds is 3. The van der Waals surface area contributed by atoms with E-state index in [2.05, 4.69) is 21.0 Å². The number of hydrogen-bond acceptors (Lipinski definition) is 3. The molecule has 0 aliphatic carbocycles. The normalized spacial score (nSPS) is 10.9. The van der Waals surface area contributed by atoms with Crippen LogP contribution in [0.4, 0.5) is 0 Å². The van der Waals surface area contributed by atoms with Crippen molar-refractivity contribution < 1.29 is 0 Å². The lowest BCUT2D eigenvalue weighted by molar-refractivity contribution is 0.559. The molecule has 0 bridgehead atoms. The highest BCUT2D eigenvalue weighted by Crippen LogP contribution is 2.15. The molecule has 0 fully saturated rings. The highest BCUT2D eigenvalue weighted by atomic mass is 79.9. The van der Waals surface area contributed by atoms with Crippen molar-refractivity contribution in [3.05, 3.63) is 39.2 Å². The quantitative estimate of drug-likeness (QED) is 0.928. The molecule has 0 saturated heterocycles. The molecule has 0 amide bonds. The van der Waals surface area contributed by atoms with Gasteiger partial charge in [0.1, 0.15) is 0 Å². The Morgan fingerprint density at radius 3 is 3.00 bits per heavy atom. The van der Waals surface area contributed by atoms with E-state index in [1.54, 1.807) is 6.20 Å². The molecule has 0 aliphatic rings. The van der Waals surface area contributed by atoms with Gasteiger partial charge in [0.05, 0.1) is 11.6 Å². The van der Waals surface area contributed by atoms with Gasteiger partial charge in [0.2, 0.25) is 0 Å². The second-order valence-corrected chi connectivity index (χ2v) is 4.46. The van der Waals surface area contributed by atoms with Crippen LogP contribution in [-0.2, 0) is 6.54 Å². The topological polar surface area (TPSA) is 60.9 Å². The maximum atomic E-state index is 12.0. The van der Waals surface area contributed by atoms with Gasteiger partial charge in [0.15, 0.2) is 0 Å². The number of aromatic nitrogens is 2. The Balaban J connectivity index is 2.53. The molecule has 0 unspecified atom stereocenters. The predicted molar refractivity (Wildman–Crippen MR) is 67.4 cm³/mol. The summed E-state index contributed by atoms with van der Waals surface area (Å²) in [6.07, 6.45) is 2.47. The summed E-state index contributed by atoms with van der Waals surface area (Å²) in [5.74, 6) is 0. The number of hydrogen-bond donors (Lipinski definition) is 1. The zero-order valence-electron chi connectivity index (χ0n) is 8.69. The third kappa shape index (κ3) is 2.15. The van der Waals surface area contributed by atoms with Crippen LogP contribution in [0.3, 0.4) is 0 Å². The maximum absolute atomic E-state index is 12.0. The van der Waals surface area contributed by atoms with E-state index >= 15 is 0 Å². The van der Waals surface area contributed by atoms with Crippen molar-refractivity contribution in [2.45, 2.75) is 13.0 Å². The van der Waals surface area contributed by atoms with Crippen LogP contribution in [0, 0.1) is 0 Å². The SMILES string of the molecule is NCCCn1ncc2cc(Br)ccc2c1=O. The molecule has 84 valence electrons. The number of nitrogens with zero attached hydrogens (tertiary/aromatic N) is 2. The van der Waals surface area contributed by atoms with Gasteiger partial charge in [-0.3, -0.25) is 4.79 Å². The van der Waals surface area contributed by atoms with Crippen molar-refractivity contribution in [3.63, 3.8) is 0 Å². The first kappa shape index (κ1) is 11.3. The molecule has 1 heterocycles. The van der Waals surface area contributed by atoms with Gasteiger partial charge in [-0.25, -0.2) is 4.68 Å². The molecular formula is C11H12BrN3O. The number of fused-ring (bicyclic) bond motifs is 1. The monoisotopic (exact) mass is 281 g/mol. The average molecular weight is 282 g/mol. The summed E-state index contributed by atoms with van der Waals surface area (Å²) in [6, 6.07) is 5.55. The van der Waals surface area contributed by atoms with Gasteiger partial charge in [0, 0.05) is 16.4 Å². The van der Waals surface area contributed by atoms with Crippen molar-refractivity contribution >= 4 is 26.7 Å². The van der Waals surface area contributed by atoms with Crippen LogP contribution in [0.25, 0.3) is 10.8 Å². The first-order valence-electron chi connectivity index (χ1n) is 5.08. The summed E-state index contributed by atoms with van der Waals surface area (Å²) in [7, 11) is 0. The molecule has 0 radical (unpaired) electrons. The minimum Gasteiger partial charge on any atom is -0.330 e. The molecular weight excluding hydrogens is 270 g/mol. The van der Waals surface area contributed by atoms with Crippen LogP contribution in [0.2, 0.25) is 0 Å². The lowest BCUT2D eigenvalue weighted by atomic mass is 10.2. The van der Waals surface area contributed by atoms with Crippen molar-refractivity contribution in [3.8, 4) is 0 Å². The Hall–Kier alpha value is -1.20. The van der Waals surface area contributed by atoms with E-state index in [1.807, 2.05) is 18.2 Å². The lowest BCUT2D eigenvalue weighted by Gasteiger charge is -2.04. The fourth-order valence-corrected chi connectivity index (χ4v) is 1.94. The Bertz CT molecular complexity index is 565. The van der Waals surface area contributed by atoms with E-state index in [0.29, 0.717) is 18.5 Å². The van der Waals surface area contributed by atoms with Crippen molar-refractivity contribution in [2.75, 3.05) is 6.54 Å². The minimum atomic E-state index is -0.0570. The smallest absolute Gasteiger partial charge is 0.274 e. The van der Waals surface area contributed by atoms with Crippen molar-refractivity contribution in [1.82, 2.24) is 9.78 Å². The van der Waals surface area contributed by atoms with Gasteiger partial charge in [-0.2, -0.15) is 5.10 Å². The van der Waals surface area contributed by atoms with Crippen LogP contribution in [0.15, 0.2) is 33.7 Å². The predicted octanol–water partition coefficient (Wildman–Crippen LogP) is 1.51. The summed E-state index contributed by atoms with van der Waals surface area (Å²) in [6.45, 7) is 1.13. The number of benzene rings is 1. The maximum Gasteiger partial charge on any atom is 0.274 e. The molecule has 0 aliphatic heterocycles. The minimum absolute atomic E-state index is 0.0570. The molecule has 0 atom stereocenters. The number of aryl methyl sites for hydroxylation is 1. The van der Waals surface area contributed by atoms with Crippen LogP contribution in [0.5, 0.6) is 0 Å². The first-order valence-corrected chi connectivity index (χ1v) is 5.87. The van der Waals surface area contributed by atoms with E-state index in [0.717, 1.165) is 16.3 Å². The molecule has 0 spiro atoms. The van der Waals surface area contributed by atoms with Gasteiger partial charge in [-0.1, -0.05) is 15.9 Å². The van der Waals surface area contributed by atoms with Gasteiger partial charge in [-0.15, -0.1) is 0 Å². The lowest BCUT2D eigenvalue weighted by Crippen LogP contribution is -2.23. The van der Waals surface area contributed by atoms with Crippen molar-refractivity contribution in [1.29, 1.82) is 0 Å². The fourth-order valence-electron chi connectivity index (χ4n) is 1.56. The third-order valence-electron chi connectivity index (χ3n) is 2.39. The second-order valence-electron chi connectivity index (χ2n) is 3.55. The summed E-state index contributed by atoms with van der Waals surface area (Å²) >= 11 is 3.36. The van der Waals surface area contributed by atoms with E-state index in [1.165, 1.54) is 4.68 Å². The van der Waals surface area contributed by atoms with Crippen LogP contribution in [0.1, 0.15) is 6.42 Å². The average Bonchev–Trinajstić information content (AvgIpc) is 2.28. The molecule has 2 rings (SSSR count). The van der Waals surface area contributed by atoms with Crippen LogP contribution < -0.4 is 11.3 Å². The Labute approximate surface area is 101 Å². The van der Waals surface area contributed by atoms with E-state index in [-0.39, 0.29) is 5.56 Å². The summed E-state index contributed by atoms with van der Waals surface area (Å²) < 4.78 is 2.41. The standard InChI is InChI=1S/C11H12BrN3O/c12-9-2-3-10-8(6-9)7-14-15(11(10)16)5-1-4-13/h2-3,6-7H,1,4-5,13H2. The van der Waals surface area contributed by atoms with Crippen LogP contribution >= 0.6 is 15.9 Å². The van der Waals surface area contributed by atoms with Gasteiger partial charge < -0.3 is 5.73 Å². The fraction of sp³-hybridized carbons (Fsp3) is 0.273. The van der Waals surface area contributed by atoms with Gasteiger partial charge in [-0.05, 0) is 31.2 Å². The second kappa shape index (κ2) is 4.76. The molecule has 1 aromatic carbocycles. The van der Waals surface area contributed by atoms with Crippen molar-refractivity contribution in [2.24, 2.45) is 5.73 Å². The molecule has 1 aromatic heterocycles. The number of nitrogens with two attached hydrogens (primary N) is 1. The highest BCUT2D eigenvalue weighted by Gasteiger charge is 2.03. The highest BCUT2D eigenvalue weighted by molar-refractivity contribution is 9.10. The van der Waals surface area contributed by atoms with E-state index in [9.17, 15) is 4.79 Å². The molecule has 4 nitrogen and oxygen atoms in total. The Kier molecular flexibility index (Phi) is 3.36. The summed E-state index contributed by atoms with van der Waals surface area (Å²) in [4.78, 5) is 12.0. The molecule has 2 aromatic rings. The van der Waals surface area contributed by atoms with E-state index < -0.39 is 0 Å². The zero-order valence-corrected chi connectivity index (χ0v) is 10.3. The summed E-state index contributed by atoms with van der Waals surface area (Å²) in [5.41, 5.74) is 5.35. The molecule has 5 heteroatoms. The zero-order chi connectivity index (χ0) is 11.5. The molecule has 2 N–H and O–H groups in total. The Morgan fingerprint density at radius 2 is 2.25 bits per heavy atom. The first-order chi connectivity index (χ1) is 7.72. The van der Waals surface area contributed by atoms with Gasteiger partial charge >= 0.3 is 0 Å². The number of halogens is 1.